The van der Waals surface area contributed by atoms with Crippen LogP contribution in [0.5, 0.6) is 0 Å². The molecule has 172 valence electrons. The third-order valence-electron chi connectivity index (χ3n) is 5.27. The molecule has 2 aromatic carbocycles. The van der Waals surface area contributed by atoms with Gasteiger partial charge in [0.05, 0.1) is 19.2 Å². The topological polar surface area (TPSA) is 97.6 Å². The third-order valence-corrected chi connectivity index (χ3v) is 5.60. The molecule has 2 heterocycles. The zero-order valence-corrected chi connectivity index (χ0v) is 19.6. The van der Waals surface area contributed by atoms with E-state index in [1.165, 1.54) is 7.11 Å². The SMILES string of the molecule is Bc1cnn2c(NCc3cccc(NC(=O)CCC(=O)OC)c3)cc(-c3ccccc3Cl)nc12. The zero-order chi connectivity index (χ0) is 24.1. The average molecular weight is 476 g/mol. The number of carbonyl (C=O) groups excluding carboxylic acids is 2. The first kappa shape index (κ1) is 23.3. The molecule has 8 nitrogen and oxygen atoms in total. The fourth-order valence-corrected chi connectivity index (χ4v) is 3.73. The number of methoxy groups -OCH3 is 1. The number of hydrogen-bond donors (Lipinski definition) is 2. The van der Waals surface area contributed by atoms with Crippen molar-refractivity contribution >= 4 is 53.9 Å². The predicted molar refractivity (Wildman–Crippen MR) is 135 cm³/mol. The molecule has 1 amide bonds. The number of carbonyl (C=O) groups is 2. The number of nitrogens with one attached hydrogen (secondary N) is 2. The maximum atomic E-state index is 12.1. The molecule has 0 saturated heterocycles. The fraction of sp³-hybridized carbons (Fsp3) is 0.167. The van der Waals surface area contributed by atoms with Gasteiger partial charge in [-0.2, -0.15) is 9.61 Å². The van der Waals surface area contributed by atoms with E-state index in [4.69, 9.17) is 16.6 Å². The second-order valence-electron chi connectivity index (χ2n) is 7.75. The van der Waals surface area contributed by atoms with Gasteiger partial charge < -0.3 is 15.4 Å². The molecule has 0 fully saturated rings. The van der Waals surface area contributed by atoms with Crippen molar-refractivity contribution in [3.8, 4) is 11.3 Å². The molecule has 0 radical (unpaired) electrons. The van der Waals surface area contributed by atoms with E-state index in [-0.39, 0.29) is 18.7 Å². The van der Waals surface area contributed by atoms with Crippen molar-refractivity contribution in [1.29, 1.82) is 0 Å². The van der Waals surface area contributed by atoms with Crippen LogP contribution < -0.4 is 16.1 Å². The van der Waals surface area contributed by atoms with Crippen LogP contribution in [0.15, 0.2) is 60.8 Å². The fourth-order valence-electron chi connectivity index (χ4n) is 3.50. The molecule has 0 unspecified atom stereocenters. The smallest absolute Gasteiger partial charge is 0.306 e. The van der Waals surface area contributed by atoms with Gasteiger partial charge >= 0.3 is 5.97 Å². The number of halogens is 1. The summed E-state index contributed by atoms with van der Waals surface area (Å²) in [5.41, 5.74) is 4.89. The van der Waals surface area contributed by atoms with Crippen LogP contribution in [-0.4, -0.2) is 41.4 Å². The lowest BCUT2D eigenvalue weighted by Gasteiger charge is -2.13. The van der Waals surface area contributed by atoms with Crippen molar-refractivity contribution in [2.24, 2.45) is 0 Å². The number of amides is 1. The molecule has 0 aliphatic rings. The highest BCUT2D eigenvalue weighted by molar-refractivity contribution is 6.36. The van der Waals surface area contributed by atoms with Gasteiger partial charge in [-0.1, -0.05) is 41.9 Å². The lowest BCUT2D eigenvalue weighted by Crippen LogP contribution is -2.14. The van der Waals surface area contributed by atoms with Crippen LogP contribution in [0.25, 0.3) is 16.9 Å². The van der Waals surface area contributed by atoms with Crippen LogP contribution in [0, 0.1) is 0 Å². The molecular weight excluding hydrogens is 453 g/mol. The van der Waals surface area contributed by atoms with Gasteiger partial charge in [0.2, 0.25) is 5.91 Å². The van der Waals surface area contributed by atoms with Gasteiger partial charge in [0.1, 0.15) is 13.7 Å². The highest BCUT2D eigenvalue weighted by Gasteiger charge is 2.13. The Labute approximate surface area is 202 Å². The standard InChI is InChI=1S/C24H23BClN5O3/c1-34-23(33)10-9-22(32)29-16-6-4-5-15(11-16)13-27-21-12-20(17-7-2-3-8-19(17)26)30-24-18(25)14-28-31(21)24/h2-8,11-12,14,27H,9-10,13,25H2,1H3,(H,29,32). The van der Waals surface area contributed by atoms with Crippen molar-refractivity contribution in [1.82, 2.24) is 14.6 Å². The number of aromatic nitrogens is 3. The molecular formula is C24H23BClN5O3. The zero-order valence-electron chi connectivity index (χ0n) is 18.8. The third kappa shape index (κ3) is 5.37. The average Bonchev–Trinajstić information content (AvgIpc) is 3.22. The van der Waals surface area contributed by atoms with Crippen LogP contribution in [0.3, 0.4) is 0 Å². The first-order valence-corrected chi connectivity index (χ1v) is 11.1. The minimum Gasteiger partial charge on any atom is -0.469 e. The van der Waals surface area contributed by atoms with E-state index >= 15 is 0 Å². The van der Waals surface area contributed by atoms with E-state index in [0.717, 1.165) is 33.7 Å². The van der Waals surface area contributed by atoms with Gasteiger partial charge in [-0.05, 0) is 29.2 Å². The Morgan fingerprint density at radius 1 is 1.12 bits per heavy atom. The van der Waals surface area contributed by atoms with Gasteiger partial charge in [0.15, 0.2) is 5.65 Å². The highest BCUT2D eigenvalue weighted by atomic mass is 35.5. The van der Waals surface area contributed by atoms with Gasteiger partial charge in [-0.25, -0.2) is 4.98 Å². The normalized spacial score (nSPS) is 10.8. The summed E-state index contributed by atoms with van der Waals surface area (Å²) < 4.78 is 6.33. The monoisotopic (exact) mass is 475 g/mol. The van der Waals surface area contributed by atoms with Crippen LogP contribution >= 0.6 is 11.6 Å². The lowest BCUT2D eigenvalue weighted by molar-refractivity contribution is -0.141. The van der Waals surface area contributed by atoms with Crippen LogP contribution in [0.1, 0.15) is 18.4 Å². The number of nitrogens with zero attached hydrogens (tertiary/aromatic N) is 3. The maximum absolute atomic E-state index is 12.1. The summed E-state index contributed by atoms with van der Waals surface area (Å²) in [4.78, 5) is 28.1. The maximum Gasteiger partial charge on any atom is 0.306 e. The summed E-state index contributed by atoms with van der Waals surface area (Å²) in [5.74, 6) is 0.102. The summed E-state index contributed by atoms with van der Waals surface area (Å²) in [7, 11) is 3.26. The Morgan fingerprint density at radius 2 is 1.94 bits per heavy atom. The molecule has 4 rings (SSSR count). The Bertz CT molecular complexity index is 1360. The molecule has 0 spiro atoms. The summed E-state index contributed by atoms with van der Waals surface area (Å²) in [6.07, 6.45) is 1.88. The minimum absolute atomic E-state index is 0.0403. The Kier molecular flexibility index (Phi) is 7.13. The van der Waals surface area contributed by atoms with Gasteiger partial charge in [0, 0.05) is 41.5 Å². The van der Waals surface area contributed by atoms with E-state index < -0.39 is 5.97 Å². The van der Waals surface area contributed by atoms with E-state index in [9.17, 15) is 9.59 Å². The summed E-state index contributed by atoms with van der Waals surface area (Å²) in [5, 5.41) is 11.3. The quantitative estimate of drug-likeness (QED) is 0.300. The van der Waals surface area contributed by atoms with Crippen LogP contribution in [0.2, 0.25) is 5.02 Å². The van der Waals surface area contributed by atoms with Crippen molar-refractivity contribution in [3.63, 3.8) is 0 Å². The number of ether oxygens (including phenoxy) is 1. The summed E-state index contributed by atoms with van der Waals surface area (Å²) in [6.45, 7) is 0.492. The largest absolute Gasteiger partial charge is 0.469 e. The number of esters is 1. The molecule has 0 bridgehead atoms. The molecule has 0 saturated carbocycles. The number of fused-ring (bicyclic) bond motifs is 1. The predicted octanol–water partition coefficient (Wildman–Crippen LogP) is 2.81. The van der Waals surface area contributed by atoms with Crippen LogP contribution in [-0.2, 0) is 20.9 Å². The second kappa shape index (κ2) is 10.4. The Balaban J connectivity index is 1.53. The van der Waals surface area contributed by atoms with Crippen molar-refractivity contribution in [3.05, 3.63) is 71.4 Å². The molecule has 2 aromatic heterocycles. The highest BCUT2D eigenvalue weighted by Crippen LogP contribution is 2.28. The number of hydrogen-bond acceptors (Lipinski definition) is 6. The molecule has 2 N–H and O–H groups in total. The lowest BCUT2D eigenvalue weighted by atomic mass is 10.0. The second-order valence-corrected chi connectivity index (χ2v) is 8.15. The minimum atomic E-state index is -0.415. The molecule has 0 atom stereocenters. The van der Waals surface area contributed by atoms with Gasteiger partial charge in [-0.3, -0.25) is 9.59 Å². The molecule has 0 aliphatic carbocycles. The Morgan fingerprint density at radius 3 is 2.74 bits per heavy atom. The summed E-state index contributed by atoms with van der Waals surface area (Å²) in [6, 6.07) is 17.0. The molecule has 4 aromatic rings. The van der Waals surface area contributed by atoms with Crippen molar-refractivity contribution in [2.75, 3.05) is 17.7 Å². The van der Waals surface area contributed by atoms with Crippen molar-refractivity contribution in [2.45, 2.75) is 19.4 Å². The van der Waals surface area contributed by atoms with E-state index in [2.05, 4.69) is 20.5 Å². The number of rotatable bonds is 8. The van der Waals surface area contributed by atoms with E-state index in [1.54, 1.807) is 16.8 Å². The van der Waals surface area contributed by atoms with Crippen molar-refractivity contribution < 1.29 is 14.3 Å². The van der Waals surface area contributed by atoms with E-state index in [0.29, 0.717) is 17.3 Å². The van der Waals surface area contributed by atoms with E-state index in [1.807, 2.05) is 56.4 Å². The summed E-state index contributed by atoms with van der Waals surface area (Å²) >= 11 is 6.41. The first-order chi connectivity index (χ1) is 16.4. The van der Waals surface area contributed by atoms with Crippen LogP contribution in [0.4, 0.5) is 11.5 Å². The molecule has 34 heavy (non-hydrogen) atoms. The number of anilines is 2. The first-order valence-electron chi connectivity index (χ1n) is 10.7. The molecule has 10 heteroatoms. The Hall–Kier alpha value is -3.85. The van der Waals surface area contributed by atoms with Gasteiger partial charge in [-0.15, -0.1) is 0 Å². The number of benzene rings is 2. The molecule has 0 aliphatic heterocycles. The van der Waals surface area contributed by atoms with Gasteiger partial charge in [0.25, 0.3) is 0 Å².